The van der Waals surface area contributed by atoms with Gasteiger partial charge in [-0.2, -0.15) is 13.2 Å². The Balaban J connectivity index is 1.90. The second kappa shape index (κ2) is 11.6. The van der Waals surface area contributed by atoms with Gasteiger partial charge in [0.2, 0.25) is 5.91 Å². The third-order valence-corrected chi connectivity index (χ3v) is 5.49. The fraction of sp³-hybridized carbons (Fsp3) is 0.231. The summed E-state index contributed by atoms with van der Waals surface area (Å²) in [5, 5.41) is 16.1. The number of nitrogens with one attached hydrogen (secondary N) is 3. The van der Waals surface area contributed by atoms with Crippen LogP contribution in [-0.4, -0.2) is 24.2 Å². The number of nitrogens with zero attached hydrogens (tertiary/aromatic N) is 1. The van der Waals surface area contributed by atoms with Crippen LogP contribution in [0.5, 0.6) is 5.75 Å². The molecule has 0 bridgehead atoms. The number of hydrogen-bond donors (Lipinski definition) is 3. The first-order chi connectivity index (χ1) is 17.5. The number of ether oxygens (including phenoxy) is 1. The van der Waals surface area contributed by atoms with E-state index in [0.717, 1.165) is 18.3 Å². The van der Waals surface area contributed by atoms with Gasteiger partial charge in [-0.05, 0) is 74.0 Å². The molecule has 1 unspecified atom stereocenters. The molecule has 0 aliphatic heterocycles. The minimum atomic E-state index is -4.52. The lowest BCUT2D eigenvalue weighted by Gasteiger charge is -2.27. The molecule has 11 heteroatoms. The molecule has 0 radical (unpaired) electrons. The van der Waals surface area contributed by atoms with Crippen LogP contribution >= 0.6 is 0 Å². The average molecular weight is 516 g/mol. The minimum absolute atomic E-state index is 0.274. The number of amides is 1. The van der Waals surface area contributed by atoms with E-state index in [0.29, 0.717) is 22.5 Å². The second-order valence-corrected chi connectivity index (χ2v) is 8.26. The van der Waals surface area contributed by atoms with Crippen molar-refractivity contribution in [3.63, 3.8) is 0 Å². The summed E-state index contributed by atoms with van der Waals surface area (Å²) < 4.78 is 58.4. The number of anilines is 2. The van der Waals surface area contributed by atoms with Crippen molar-refractivity contribution >= 4 is 23.5 Å². The summed E-state index contributed by atoms with van der Waals surface area (Å²) in [7, 11) is 0. The standard InChI is InChI=1S/C26H24F4N4O3/c1-15(32-25(35)16(2)34-36)24(17-3-5-19(6-4-17)26(28,29)30)37-22-11-12-23(18(13-22)14-31)33-21-9-7-20(27)8-10-21/h3-16,24,31,33H,1-2H3,(H,32,35)/t15?,16-,24-/m0/s1. The number of hydrogen-bond acceptors (Lipinski definition) is 6. The molecule has 37 heavy (non-hydrogen) atoms. The highest BCUT2D eigenvalue weighted by atomic mass is 19.4. The minimum Gasteiger partial charge on any atom is -0.484 e. The molecular formula is C26H24F4N4O3. The van der Waals surface area contributed by atoms with Gasteiger partial charge in [-0.25, -0.2) is 4.39 Å². The number of nitroso groups, excluding NO2 is 1. The van der Waals surface area contributed by atoms with Gasteiger partial charge in [0, 0.05) is 23.2 Å². The van der Waals surface area contributed by atoms with Crippen molar-refractivity contribution in [1.29, 1.82) is 5.41 Å². The van der Waals surface area contributed by atoms with Gasteiger partial charge in [0.25, 0.3) is 0 Å². The maximum atomic E-state index is 13.2. The summed E-state index contributed by atoms with van der Waals surface area (Å²) in [6.07, 6.45) is -4.39. The number of halogens is 4. The van der Waals surface area contributed by atoms with Crippen LogP contribution in [0.4, 0.5) is 28.9 Å². The van der Waals surface area contributed by atoms with Crippen molar-refractivity contribution in [2.24, 2.45) is 5.18 Å². The molecule has 3 atom stereocenters. The topological polar surface area (TPSA) is 104 Å². The van der Waals surface area contributed by atoms with E-state index in [1.807, 2.05) is 0 Å². The predicted octanol–water partition coefficient (Wildman–Crippen LogP) is 6.37. The molecule has 1 amide bonds. The molecule has 0 spiro atoms. The quantitative estimate of drug-likeness (QED) is 0.166. The Bertz CT molecular complexity index is 1250. The molecule has 0 heterocycles. The summed E-state index contributed by atoms with van der Waals surface area (Å²) >= 11 is 0. The third-order valence-electron chi connectivity index (χ3n) is 5.49. The molecule has 194 valence electrons. The van der Waals surface area contributed by atoms with Gasteiger partial charge < -0.3 is 20.8 Å². The highest BCUT2D eigenvalue weighted by Gasteiger charge is 2.31. The van der Waals surface area contributed by atoms with Crippen LogP contribution in [0.25, 0.3) is 0 Å². The van der Waals surface area contributed by atoms with Crippen LogP contribution in [0.1, 0.15) is 36.6 Å². The molecule has 0 aromatic heterocycles. The SMILES string of the molecule is CC(NC(=O)[C@H](C)N=O)[C@H](Oc1ccc(Nc2ccc(F)cc2)c(C=N)c1)c1ccc(C(F)(F)F)cc1. The van der Waals surface area contributed by atoms with E-state index in [-0.39, 0.29) is 5.75 Å². The molecule has 0 fully saturated rings. The summed E-state index contributed by atoms with van der Waals surface area (Å²) in [5.41, 5.74) is 1.05. The normalized spacial score (nSPS) is 13.7. The zero-order chi connectivity index (χ0) is 27.2. The molecule has 3 rings (SSSR count). The Labute approximate surface area is 210 Å². The number of carbonyl (C=O) groups is 1. The fourth-order valence-corrected chi connectivity index (χ4v) is 3.47. The van der Waals surface area contributed by atoms with E-state index in [1.54, 1.807) is 25.1 Å². The van der Waals surface area contributed by atoms with Crippen molar-refractivity contribution in [3.05, 3.63) is 94.1 Å². The fourth-order valence-electron chi connectivity index (χ4n) is 3.47. The van der Waals surface area contributed by atoms with Crippen LogP contribution < -0.4 is 15.4 Å². The molecular weight excluding hydrogens is 492 g/mol. The summed E-state index contributed by atoms with van der Waals surface area (Å²) in [4.78, 5) is 23.0. The van der Waals surface area contributed by atoms with Gasteiger partial charge in [-0.1, -0.05) is 17.3 Å². The van der Waals surface area contributed by atoms with Crippen LogP contribution in [-0.2, 0) is 11.0 Å². The summed E-state index contributed by atoms with van der Waals surface area (Å²) in [6.45, 7) is 2.89. The van der Waals surface area contributed by atoms with Gasteiger partial charge in [-0.3, -0.25) is 4.79 Å². The molecule has 3 aromatic carbocycles. The molecule has 0 aliphatic carbocycles. The number of alkyl halides is 3. The average Bonchev–Trinajstić information content (AvgIpc) is 2.88. The van der Waals surface area contributed by atoms with Crippen LogP contribution in [0.3, 0.4) is 0 Å². The van der Waals surface area contributed by atoms with Gasteiger partial charge in [0.05, 0.1) is 11.6 Å². The first-order valence-electron chi connectivity index (χ1n) is 11.2. The lowest BCUT2D eigenvalue weighted by atomic mass is 10.0. The monoisotopic (exact) mass is 516 g/mol. The molecule has 0 aliphatic rings. The predicted molar refractivity (Wildman–Crippen MR) is 132 cm³/mol. The van der Waals surface area contributed by atoms with Gasteiger partial charge in [-0.15, -0.1) is 4.91 Å². The van der Waals surface area contributed by atoms with E-state index < -0.39 is 41.7 Å². The third kappa shape index (κ3) is 7.12. The van der Waals surface area contributed by atoms with Crippen LogP contribution in [0.15, 0.2) is 71.9 Å². The van der Waals surface area contributed by atoms with E-state index in [9.17, 15) is 27.3 Å². The molecule has 3 N–H and O–H groups in total. The summed E-state index contributed by atoms with van der Waals surface area (Å²) in [6, 6.07) is 12.8. The Morgan fingerprint density at radius 2 is 1.68 bits per heavy atom. The zero-order valence-electron chi connectivity index (χ0n) is 19.8. The van der Waals surface area contributed by atoms with Gasteiger partial charge in [0.15, 0.2) is 6.04 Å². The van der Waals surface area contributed by atoms with Crippen molar-refractivity contribution in [2.45, 2.75) is 38.2 Å². The number of carbonyl (C=O) groups excluding carboxylic acids is 1. The zero-order valence-corrected chi connectivity index (χ0v) is 19.8. The van der Waals surface area contributed by atoms with Crippen molar-refractivity contribution in [3.8, 4) is 5.75 Å². The Morgan fingerprint density at radius 3 is 2.24 bits per heavy atom. The summed E-state index contributed by atoms with van der Waals surface area (Å²) in [5.74, 6) is -0.784. The Hall–Kier alpha value is -4.28. The largest absolute Gasteiger partial charge is 0.484 e. The number of rotatable bonds is 10. The van der Waals surface area contributed by atoms with E-state index >= 15 is 0 Å². The lowest BCUT2D eigenvalue weighted by molar-refractivity contribution is -0.137. The van der Waals surface area contributed by atoms with E-state index in [1.165, 1.54) is 43.3 Å². The maximum Gasteiger partial charge on any atom is 0.416 e. The maximum absolute atomic E-state index is 13.2. The van der Waals surface area contributed by atoms with Crippen LogP contribution in [0.2, 0.25) is 0 Å². The van der Waals surface area contributed by atoms with E-state index in [2.05, 4.69) is 15.8 Å². The van der Waals surface area contributed by atoms with Crippen molar-refractivity contribution in [2.75, 3.05) is 5.32 Å². The molecule has 0 saturated heterocycles. The second-order valence-electron chi connectivity index (χ2n) is 8.26. The van der Waals surface area contributed by atoms with Crippen molar-refractivity contribution in [1.82, 2.24) is 5.32 Å². The highest BCUT2D eigenvalue weighted by Crippen LogP contribution is 2.33. The Morgan fingerprint density at radius 1 is 1.03 bits per heavy atom. The smallest absolute Gasteiger partial charge is 0.416 e. The first-order valence-corrected chi connectivity index (χ1v) is 11.2. The molecule has 7 nitrogen and oxygen atoms in total. The van der Waals surface area contributed by atoms with Gasteiger partial charge >= 0.3 is 6.18 Å². The Kier molecular flexibility index (Phi) is 8.59. The first kappa shape index (κ1) is 27.3. The van der Waals surface area contributed by atoms with Crippen molar-refractivity contribution < 1.29 is 27.1 Å². The lowest BCUT2D eigenvalue weighted by Crippen LogP contribution is -2.42. The molecule has 3 aromatic rings. The molecule has 0 saturated carbocycles. The van der Waals surface area contributed by atoms with E-state index in [4.69, 9.17) is 10.1 Å². The number of benzene rings is 3. The van der Waals surface area contributed by atoms with Crippen LogP contribution in [0, 0.1) is 16.1 Å². The van der Waals surface area contributed by atoms with Gasteiger partial charge in [0.1, 0.15) is 17.7 Å². The highest BCUT2D eigenvalue weighted by molar-refractivity contribution is 5.88.